The summed E-state index contributed by atoms with van der Waals surface area (Å²) in [5, 5.41) is 8.42. The molecule has 0 unspecified atom stereocenters. The zero-order chi connectivity index (χ0) is 20.2. The van der Waals surface area contributed by atoms with E-state index in [9.17, 15) is 14.4 Å². The van der Waals surface area contributed by atoms with Crippen LogP contribution in [0.3, 0.4) is 0 Å². The van der Waals surface area contributed by atoms with Crippen molar-refractivity contribution < 1.29 is 33.0 Å². The van der Waals surface area contributed by atoms with E-state index in [1.54, 1.807) is 0 Å². The number of carbonyl (C=O) groups excluding carboxylic acids is 3. The summed E-state index contributed by atoms with van der Waals surface area (Å²) >= 11 is 0.757. The van der Waals surface area contributed by atoms with Crippen LogP contribution in [-0.2, 0) is 27.5 Å². The Bertz CT molecular complexity index is 331. The second kappa shape index (κ2) is 22.8. The Kier molecular flexibility index (Phi) is 24.1. The van der Waals surface area contributed by atoms with E-state index in [1.807, 2.05) is 0 Å². The Morgan fingerprint density at radius 2 is 0.786 bits per heavy atom. The Morgan fingerprint density at radius 3 is 1.04 bits per heavy atom. The van der Waals surface area contributed by atoms with E-state index in [2.05, 4.69) is 36.1 Å². The summed E-state index contributed by atoms with van der Waals surface area (Å²) < 4.78 is 0. The SMILES string of the molecule is O.O=C1CCCCCN1.O=C1CCCCCN1.O=C1CCCCCN1.[Cl][Cu][Cl]. The van der Waals surface area contributed by atoms with Crippen molar-refractivity contribution >= 4 is 37.9 Å². The van der Waals surface area contributed by atoms with Gasteiger partial charge in [-0.15, -0.1) is 0 Å². The minimum atomic E-state index is 0. The van der Waals surface area contributed by atoms with E-state index < -0.39 is 0 Å². The van der Waals surface area contributed by atoms with Gasteiger partial charge in [0.05, 0.1) is 0 Å². The van der Waals surface area contributed by atoms with Crippen molar-refractivity contribution in [2.45, 2.75) is 77.0 Å². The minimum absolute atomic E-state index is 0. The monoisotopic (exact) mass is 490 g/mol. The molecule has 0 aromatic carbocycles. The molecule has 3 aliphatic rings. The van der Waals surface area contributed by atoms with Gasteiger partial charge in [0.25, 0.3) is 0 Å². The normalized spacial score (nSPS) is 19.4. The Balaban J connectivity index is 0. The third kappa shape index (κ3) is 21.8. The van der Waals surface area contributed by atoms with Crippen molar-refractivity contribution in [2.24, 2.45) is 0 Å². The molecule has 0 radical (unpaired) electrons. The maximum atomic E-state index is 10.6. The second-order valence-corrected chi connectivity index (χ2v) is 8.08. The third-order valence-electron chi connectivity index (χ3n) is 4.21. The van der Waals surface area contributed by atoms with Gasteiger partial charge in [-0.25, -0.2) is 0 Å². The summed E-state index contributed by atoms with van der Waals surface area (Å²) in [4.78, 5) is 31.7. The Labute approximate surface area is 183 Å². The first kappa shape index (κ1) is 29.7. The molecule has 5 N–H and O–H groups in total. The predicted molar refractivity (Wildman–Crippen MR) is 110 cm³/mol. The average molecular weight is 492 g/mol. The molecular weight excluding hydrogens is 457 g/mol. The number of amides is 3. The van der Waals surface area contributed by atoms with E-state index in [-0.39, 0.29) is 23.2 Å². The van der Waals surface area contributed by atoms with E-state index in [0.717, 1.165) is 90.6 Å². The molecule has 3 rings (SSSR count). The first-order valence-electron chi connectivity index (χ1n) is 9.71. The van der Waals surface area contributed by atoms with E-state index in [0.29, 0.717) is 0 Å². The van der Waals surface area contributed by atoms with E-state index >= 15 is 0 Å². The zero-order valence-corrected chi connectivity index (χ0v) is 18.8. The molecule has 3 aliphatic heterocycles. The number of halogens is 2. The van der Waals surface area contributed by atoms with Crippen LogP contribution in [0.15, 0.2) is 0 Å². The van der Waals surface area contributed by atoms with Crippen LogP contribution in [-0.4, -0.2) is 42.8 Å². The van der Waals surface area contributed by atoms with Gasteiger partial charge in [-0.2, -0.15) is 0 Å². The summed E-state index contributed by atoms with van der Waals surface area (Å²) in [6.07, 6.45) is 12.5. The number of nitrogens with one attached hydrogen (secondary N) is 3. The fraction of sp³-hybridized carbons (Fsp3) is 0.833. The van der Waals surface area contributed by atoms with Gasteiger partial charge >= 0.3 is 33.3 Å². The van der Waals surface area contributed by atoms with Gasteiger partial charge in [-0.05, 0) is 38.5 Å². The first-order chi connectivity index (χ1) is 13.1. The summed E-state index contributed by atoms with van der Waals surface area (Å²) in [6.45, 7) is 2.66. The van der Waals surface area contributed by atoms with Crippen LogP contribution >= 0.6 is 20.2 Å². The van der Waals surface area contributed by atoms with Crippen LogP contribution in [0.2, 0.25) is 0 Å². The number of rotatable bonds is 0. The van der Waals surface area contributed by atoms with Crippen molar-refractivity contribution in [3.05, 3.63) is 0 Å². The zero-order valence-electron chi connectivity index (χ0n) is 16.4. The van der Waals surface area contributed by atoms with Crippen molar-refractivity contribution in [3.8, 4) is 0 Å². The molecule has 7 nitrogen and oxygen atoms in total. The Hall–Kier alpha value is -0.531. The number of hydrogen-bond acceptors (Lipinski definition) is 3. The van der Waals surface area contributed by atoms with Crippen molar-refractivity contribution in [3.63, 3.8) is 0 Å². The molecule has 0 atom stereocenters. The molecule has 3 saturated heterocycles. The standard InChI is InChI=1S/3C6H11NO.2ClH.Cu.H2O/c3*8-6-4-2-1-3-5-7-6;;;;/h3*1-5H2,(H,7,8);2*1H;;1H2/q;;;;;+2;/p-2. The molecule has 0 saturated carbocycles. The van der Waals surface area contributed by atoms with Crippen LogP contribution in [0.5, 0.6) is 0 Å². The molecule has 0 spiro atoms. The molecule has 171 valence electrons. The van der Waals surface area contributed by atoms with Crippen molar-refractivity contribution in [1.29, 1.82) is 0 Å². The van der Waals surface area contributed by atoms with Gasteiger partial charge in [0, 0.05) is 38.9 Å². The average Bonchev–Trinajstić information content (AvgIpc) is 3.13. The molecule has 0 aliphatic carbocycles. The second-order valence-electron chi connectivity index (χ2n) is 6.52. The Morgan fingerprint density at radius 1 is 0.536 bits per heavy atom. The van der Waals surface area contributed by atoms with Gasteiger partial charge < -0.3 is 21.4 Å². The summed E-state index contributed by atoms with van der Waals surface area (Å²) in [5.41, 5.74) is 0. The molecule has 3 amide bonds. The molecule has 0 aromatic heterocycles. The maximum absolute atomic E-state index is 10.6. The topological polar surface area (TPSA) is 119 Å². The number of hydrogen-bond donors (Lipinski definition) is 3. The van der Waals surface area contributed by atoms with Crippen molar-refractivity contribution in [1.82, 2.24) is 16.0 Å². The third-order valence-corrected chi connectivity index (χ3v) is 4.21. The fourth-order valence-electron chi connectivity index (χ4n) is 2.71. The predicted octanol–water partition coefficient (Wildman–Crippen LogP) is 2.58. The molecule has 28 heavy (non-hydrogen) atoms. The first-order valence-corrected chi connectivity index (χ1v) is 12.3. The van der Waals surface area contributed by atoms with Gasteiger partial charge in [0.2, 0.25) is 17.7 Å². The van der Waals surface area contributed by atoms with Gasteiger partial charge in [0.15, 0.2) is 0 Å². The van der Waals surface area contributed by atoms with E-state index in [4.69, 9.17) is 0 Å². The molecule has 10 heteroatoms. The molecule has 0 bridgehead atoms. The summed E-state index contributed by atoms with van der Waals surface area (Å²) in [6, 6.07) is 0. The van der Waals surface area contributed by atoms with Crippen LogP contribution in [0, 0.1) is 0 Å². The van der Waals surface area contributed by atoms with Crippen LogP contribution < -0.4 is 16.0 Å². The van der Waals surface area contributed by atoms with Crippen LogP contribution in [0.1, 0.15) is 77.0 Å². The van der Waals surface area contributed by atoms with Gasteiger partial charge in [0.1, 0.15) is 0 Å². The summed E-state index contributed by atoms with van der Waals surface area (Å²) in [5.74, 6) is 0.674. The quantitative estimate of drug-likeness (QED) is 0.452. The fourth-order valence-corrected chi connectivity index (χ4v) is 2.71. The molecule has 0 aromatic rings. The summed E-state index contributed by atoms with van der Waals surface area (Å²) in [7, 11) is 9.34. The molecule has 3 heterocycles. The van der Waals surface area contributed by atoms with Crippen molar-refractivity contribution in [2.75, 3.05) is 19.6 Å². The van der Waals surface area contributed by atoms with Gasteiger partial charge in [-0.3, -0.25) is 14.4 Å². The molecule has 3 fully saturated rings. The van der Waals surface area contributed by atoms with E-state index in [1.165, 1.54) is 19.3 Å². The van der Waals surface area contributed by atoms with Crippen LogP contribution in [0.25, 0.3) is 0 Å². The molecular formula is C18H35Cl2CuN3O4. The van der Waals surface area contributed by atoms with Crippen LogP contribution in [0.4, 0.5) is 0 Å². The number of carbonyl (C=O) groups is 3. The van der Waals surface area contributed by atoms with Gasteiger partial charge in [-0.1, -0.05) is 19.3 Å².